The molecule has 0 aliphatic heterocycles. The maximum Gasteiger partial charge on any atom is 0.202 e. The largest absolute Gasteiger partial charge is 0.288 e. The third-order valence-electron chi connectivity index (χ3n) is 2.20. The van der Waals surface area contributed by atoms with Crippen LogP contribution in [0.5, 0.6) is 0 Å². The van der Waals surface area contributed by atoms with Gasteiger partial charge in [0.1, 0.15) is 0 Å². The number of ketones is 1. The molecule has 1 heterocycles. The fraction of sp³-hybridized carbons (Fsp3) is 0.154. The third kappa shape index (κ3) is 2.16. The summed E-state index contributed by atoms with van der Waals surface area (Å²) in [5.41, 5.74) is 1.50. The van der Waals surface area contributed by atoms with Gasteiger partial charge in [-0.3, -0.25) is 4.79 Å². The normalized spacial score (nSPS) is 14.2. The highest BCUT2D eigenvalue weighted by Crippen LogP contribution is 2.15. The number of benzene rings is 1. The van der Waals surface area contributed by atoms with Crippen molar-refractivity contribution in [2.75, 3.05) is 0 Å². The lowest BCUT2D eigenvalue weighted by atomic mass is 10.1. The zero-order valence-corrected chi connectivity index (χ0v) is 9.17. The van der Waals surface area contributed by atoms with Gasteiger partial charge >= 0.3 is 0 Å². The Hall–Kier alpha value is -1.41. The summed E-state index contributed by atoms with van der Waals surface area (Å²) < 4.78 is 15.0. The Balaban J connectivity index is 2.26. The van der Waals surface area contributed by atoms with Crippen LogP contribution < -0.4 is 0 Å². The maximum atomic E-state index is 12.0. The average Bonchev–Trinajstić information content (AvgIpc) is 2.75. The van der Waals surface area contributed by atoms with Gasteiger partial charge in [-0.15, -0.1) is 11.3 Å². The van der Waals surface area contributed by atoms with Crippen LogP contribution in [-0.2, 0) is 6.40 Å². The van der Waals surface area contributed by atoms with Crippen LogP contribution in [0.2, 0.25) is 0 Å². The molecule has 2 rings (SSSR count). The maximum absolute atomic E-state index is 12.0. The minimum Gasteiger partial charge on any atom is -0.288 e. The highest BCUT2D eigenvalue weighted by molar-refractivity contribution is 7.12. The number of rotatable bonds is 3. The number of thiophene rings is 1. The lowest BCUT2D eigenvalue weighted by molar-refractivity contribution is 0.104. The number of hydrogen-bond acceptors (Lipinski definition) is 2. The second-order valence-electron chi connectivity index (χ2n) is 3.16. The van der Waals surface area contributed by atoms with Crippen molar-refractivity contribution in [3.63, 3.8) is 0 Å². The summed E-state index contributed by atoms with van der Waals surface area (Å²) in [5.74, 6) is -0.0577. The third-order valence-corrected chi connectivity index (χ3v) is 3.00. The molecule has 0 saturated heterocycles. The molecule has 1 atom stereocenters. The van der Waals surface area contributed by atoms with Crippen molar-refractivity contribution in [2.45, 2.75) is 13.3 Å². The van der Waals surface area contributed by atoms with E-state index < -0.39 is 0 Å². The monoisotopic (exact) mass is 218 g/mol. The van der Waals surface area contributed by atoms with Crippen LogP contribution >= 0.6 is 11.3 Å². The molecule has 1 aromatic heterocycles. The van der Waals surface area contributed by atoms with Gasteiger partial charge in [-0.1, -0.05) is 37.3 Å². The van der Waals surface area contributed by atoms with E-state index in [-0.39, 0.29) is 12.2 Å². The van der Waals surface area contributed by atoms with Gasteiger partial charge in [0.05, 0.1) is 6.25 Å². The van der Waals surface area contributed by atoms with E-state index in [4.69, 9.17) is 2.74 Å². The minimum atomic E-state index is -0.277. The summed E-state index contributed by atoms with van der Waals surface area (Å²) in [4.78, 5) is 12.6. The predicted molar refractivity (Wildman–Crippen MR) is 63.6 cm³/mol. The van der Waals surface area contributed by atoms with Crippen LogP contribution in [0.4, 0.5) is 0 Å². The fourth-order valence-corrected chi connectivity index (χ4v) is 1.94. The van der Waals surface area contributed by atoms with Crippen LogP contribution in [0.3, 0.4) is 0 Å². The molecule has 0 aliphatic carbocycles. The Bertz CT molecular complexity index is 529. The first-order valence-corrected chi connectivity index (χ1v) is 5.53. The molecule has 1 nitrogen and oxygen atoms in total. The molecule has 0 bridgehead atoms. The number of aryl methyl sites for hydroxylation is 1. The lowest BCUT2D eigenvalue weighted by Crippen LogP contribution is -1.98. The molecule has 0 saturated carbocycles. The van der Waals surface area contributed by atoms with Crippen molar-refractivity contribution in [1.82, 2.24) is 0 Å². The molecule has 0 amide bonds. The topological polar surface area (TPSA) is 17.1 Å². The highest BCUT2D eigenvalue weighted by Gasteiger charge is 2.08. The number of hydrogen-bond donors (Lipinski definition) is 0. The van der Waals surface area contributed by atoms with E-state index in [1.54, 1.807) is 43.3 Å². The van der Waals surface area contributed by atoms with Crippen molar-refractivity contribution < 1.29 is 7.54 Å². The van der Waals surface area contributed by atoms with E-state index in [0.717, 1.165) is 5.56 Å². The van der Waals surface area contributed by atoms with Crippen LogP contribution in [0, 0.1) is 0 Å². The second-order valence-corrected chi connectivity index (χ2v) is 4.04. The van der Waals surface area contributed by atoms with Gasteiger partial charge in [0.25, 0.3) is 0 Å². The van der Waals surface area contributed by atoms with E-state index in [1.165, 1.54) is 11.3 Å². The Kier molecular flexibility index (Phi) is 2.30. The van der Waals surface area contributed by atoms with E-state index in [0.29, 0.717) is 15.8 Å². The summed E-state index contributed by atoms with van der Waals surface area (Å²) in [5, 5.41) is 0.393. The Morgan fingerprint density at radius 3 is 2.67 bits per heavy atom. The fourth-order valence-electron chi connectivity index (χ4n) is 1.33. The van der Waals surface area contributed by atoms with Gasteiger partial charge in [-0.25, -0.2) is 0 Å². The van der Waals surface area contributed by atoms with Crippen LogP contribution in [-0.4, -0.2) is 5.78 Å². The highest BCUT2D eigenvalue weighted by atomic mass is 32.1. The molecule has 15 heavy (non-hydrogen) atoms. The molecule has 1 unspecified atom stereocenters. The first-order chi connectivity index (χ1) is 8.08. The smallest absolute Gasteiger partial charge is 0.202 e. The Morgan fingerprint density at radius 1 is 1.40 bits per heavy atom. The van der Waals surface area contributed by atoms with Crippen molar-refractivity contribution in [1.29, 1.82) is 0 Å². The molecular formula is C13H12OS. The number of carbonyl (C=O) groups excluding carboxylic acids is 1. The zero-order chi connectivity index (χ0) is 12.4. The molecule has 2 aromatic rings. The molecule has 76 valence electrons. The van der Waals surface area contributed by atoms with Crippen LogP contribution in [0.1, 0.15) is 30.5 Å². The van der Waals surface area contributed by atoms with Gasteiger partial charge in [0.2, 0.25) is 5.78 Å². The average molecular weight is 218 g/mol. The van der Waals surface area contributed by atoms with E-state index in [9.17, 15) is 4.79 Å². The van der Waals surface area contributed by atoms with Crippen molar-refractivity contribution >= 4 is 17.1 Å². The molecular weight excluding hydrogens is 204 g/mol. The summed E-state index contributed by atoms with van der Waals surface area (Å²) in [7, 11) is 0. The zero-order valence-electron chi connectivity index (χ0n) is 10.4. The van der Waals surface area contributed by atoms with Gasteiger partial charge in [-0.2, -0.15) is 0 Å². The standard InChI is InChI=1S/C13H12OS/c1-2-10-5-7-11(8-6-10)13(14)12-4-3-9-15-12/h3-9H,2H2,1H3/i2D,9D. The molecule has 0 radical (unpaired) electrons. The van der Waals surface area contributed by atoms with Gasteiger partial charge in [-0.05, 0) is 23.4 Å². The van der Waals surface area contributed by atoms with E-state index in [2.05, 4.69) is 0 Å². The molecule has 0 aliphatic rings. The molecule has 0 N–H and O–H groups in total. The Labute approximate surface area is 96.2 Å². The van der Waals surface area contributed by atoms with Gasteiger partial charge < -0.3 is 0 Å². The quantitative estimate of drug-likeness (QED) is 0.720. The summed E-state index contributed by atoms with van der Waals surface area (Å²) in [6.07, 6.45) is -0.277. The van der Waals surface area contributed by atoms with E-state index in [1.807, 2.05) is 0 Å². The predicted octanol–water partition coefficient (Wildman–Crippen LogP) is 3.54. The number of carbonyl (C=O) groups is 1. The van der Waals surface area contributed by atoms with E-state index >= 15 is 0 Å². The molecule has 0 spiro atoms. The van der Waals surface area contributed by atoms with Crippen molar-refractivity contribution in [3.8, 4) is 0 Å². The van der Waals surface area contributed by atoms with Gasteiger partial charge in [0, 0.05) is 6.93 Å². The summed E-state index contributed by atoms with van der Waals surface area (Å²) in [6, 6.07) is 10.4. The SMILES string of the molecule is [2H]c1ccc(C(=O)c2ccc(C([2H])C)cc2)s1. The first-order valence-electron chi connectivity index (χ1n) is 5.79. The molecule has 0 fully saturated rings. The Morgan fingerprint density at radius 2 is 2.13 bits per heavy atom. The minimum absolute atomic E-state index is 0.0577. The molecule has 2 heteroatoms. The van der Waals surface area contributed by atoms with Crippen molar-refractivity contribution in [2.24, 2.45) is 0 Å². The van der Waals surface area contributed by atoms with Crippen LogP contribution in [0.25, 0.3) is 0 Å². The summed E-state index contributed by atoms with van der Waals surface area (Å²) >= 11 is 1.18. The van der Waals surface area contributed by atoms with Crippen molar-refractivity contribution in [3.05, 3.63) is 57.8 Å². The molecule has 1 aromatic carbocycles. The lowest BCUT2D eigenvalue weighted by Gasteiger charge is -1.99. The van der Waals surface area contributed by atoms with Gasteiger partial charge in [0.15, 0.2) is 0 Å². The first kappa shape index (κ1) is 7.83. The van der Waals surface area contributed by atoms with Crippen LogP contribution in [0.15, 0.2) is 41.8 Å². The summed E-state index contributed by atoms with van der Waals surface area (Å²) in [6.45, 7) is 1.79. The second kappa shape index (κ2) is 4.41.